The molecule has 7 nitrogen and oxygen atoms in total. The maximum atomic E-state index is 5.47. The molecule has 0 aliphatic carbocycles. The highest BCUT2D eigenvalue weighted by molar-refractivity contribution is 5.79. The molecule has 1 aromatic carbocycles. The van der Waals surface area contributed by atoms with Crippen molar-refractivity contribution < 1.29 is 9.26 Å². The van der Waals surface area contributed by atoms with Crippen LogP contribution >= 0.6 is 0 Å². The van der Waals surface area contributed by atoms with Crippen LogP contribution in [0.5, 0.6) is 0 Å². The minimum absolute atomic E-state index is 0.0222. The van der Waals surface area contributed by atoms with Crippen molar-refractivity contribution in [3.8, 4) is 11.3 Å². The molecule has 28 heavy (non-hydrogen) atoms. The number of aromatic nitrogens is 1. The van der Waals surface area contributed by atoms with Gasteiger partial charge in [0.25, 0.3) is 0 Å². The summed E-state index contributed by atoms with van der Waals surface area (Å²) in [5, 5.41) is 10.9. The third-order valence-corrected chi connectivity index (χ3v) is 4.92. The molecule has 1 aromatic heterocycles. The Balaban J connectivity index is 1.59. The van der Waals surface area contributed by atoms with Crippen molar-refractivity contribution in [2.24, 2.45) is 4.99 Å². The van der Waals surface area contributed by atoms with Gasteiger partial charge in [-0.15, -0.1) is 0 Å². The lowest BCUT2D eigenvalue weighted by atomic mass is 10.0. The summed E-state index contributed by atoms with van der Waals surface area (Å²) in [6, 6.07) is 11.9. The Bertz CT molecular complexity index is 751. The number of rotatable bonds is 7. The number of morpholine rings is 1. The van der Waals surface area contributed by atoms with E-state index in [9.17, 15) is 0 Å². The number of guanidine groups is 1. The van der Waals surface area contributed by atoms with Crippen LogP contribution in [0.1, 0.15) is 26.5 Å². The summed E-state index contributed by atoms with van der Waals surface area (Å²) in [4.78, 5) is 7.12. The first-order chi connectivity index (χ1) is 13.6. The summed E-state index contributed by atoms with van der Waals surface area (Å²) in [6.45, 7) is 12.1. The topological polar surface area (TPSA) is 74.9 Å². The van der Waals surface area contributed by atoms with Crippen LogP contribution in [-0.2, 0) is 11.3 Å². The van der Waals surface area contributed by atoms with E-state index in [0.29, 0.717) is 6.54 Å². The van der Waals surface area contributed by atoms with Gasteiger partial charge in [-0.2, -0.15) is 0 Å². The van der Waals surface area contributed by atoms with Crippen LogP contribution in [-0.4, -0.2) is 60.9 Å². The minimum Gasteiger partial charge on any atom is -0.379 e. The van der Waals surface area contributed by atoms with Crippen LogP contribution in [0, 0.1) is 0 Å². The van der Waals surface area contributed by atoms with Crippen molar-refractivity contribution in [2.75, 3.05) is 39.4 Å². The highest BCUT2D eigenvalue weighted by Crippen LogP contribution is 2.20. The molecule has 0 spiro atoms. The smallest absolute Gasteiger partial charge is 0.191 e. The van der Waals surface area contributed by atoms with Crippen LogP contribution in [0.2, 0.25) is 0 Å². The van der Waals surface area contributed by atoms with Crippen LogP contribution in [0.3, 0.4) is 0 Å². The molecule has 2 aromatic rings. The first-order valence-corrected chi connectivity index (χ1v) is 9.94. The lowest BCUT2D eigenvalue weighted by Crippen LogP contribution is -2.56. The molecule has 0 saturated carbocycles. The molecule has 2 N–H and O–H groups in total. The number of nitrogens with one attached hydrogen (secondary N) is 2. The number of hydrogen-bond acceptors (Lipinski definition) is 5. The predicted octanol–water partition coefficient (Wildman–Crippen LogP) is 2.51. The third-order valence-electron chi connectivity index (χ3n) is 4.92. The molecule has 3 rings (SSSR count). The zero-order valence-corrected chi connectivity index (χ0v) is 17.1. The lowest BCUT2D eigenvalue weighted by molar-refractivity contribution is -0.00834. The van der Waals surface area contributed by atoms with E-state index in [0.717, 1.165) is 62.4 Å². The van der Waals surface area contributed by atoms with Crippen LogP contribution < -0.4 is 10.6 Å². The molecule has 152 valence electrons. The van der Waals surface area contributed by atoms with Crippen molar-refractivity contribution in [3.63, 3.8) is 0 Å². The molecule has 1 aliphatic rings. The molecule has 0 bridgehead atoms. The number of benzene rings is 1. The van der Waals surface area contributed by atoms with Crippen LogP contribution in [0.4, 0.5) is 0 Å². The van der Waals surface area contributed by atoms with Gasteiger partial charge in [-0.3, -0.25) is 4.90 Å². The molecule has 2 heterocycles. The van der Waals surface area contributed by atoms with Crippen LogP contribution in [0.25, 0.3) is 11.3 Å². The number of hydrogen-bond donors (Lipinski definition) is 2. The summed E-state index contributed by atoms with van der Waals surface area (Å²) < 4.78 is 10.9. The monoisotopic (exact) mass is 385 g/mol. The van der Waals surface area contributed by atoms with Crippen molar-refractivity contribution in [3.05, 3.63) is 42.1 Å². The SMILES string of the molecule is CCNC(=NCc1cc(-c2ccccc2)on1)NCC(C)(C)N1CCOCC1. The average Bonchev–Trinajstić information content (AvgIpc) is 3.20. The van der Waals surface area contributed by atoms with Gasteiger partial charge in [-0.05, 0) is 20.8 Å². The van der Waals surface area contributed by atoms with Crippen molar-refractivity contribution >= 4 is 5.96 Å². The highest BCUT2D eigenvalue weighted by atomic mass is 16.5. The maximum Gasteiger partial charge on any atom is 0.191 e. The van der Waals surface area contributed by atoms with E-state index in [4.69, 9.17) is 9.26 Å². The van der Waals surface area contributed by atoms with Crippen LogP contribution in [0.15, 0.2) is 45.9 Å². The van der Waals surface area contributed by atoms with Gasteiger partial charge in [0.1, 0.15) is 5.69 Å². The molecule has 0 unspecified atom stereocenters. The van der Waals surface area contributed by atoms with Gasteiger partial charge in [0.2, 0.25) is 0 Å². The second kappa shape index (κ2) is 9.71. The quantitative estimate of drug-likeness (QED) is 0.563. The largest absolute Gasteiger partial charge is 0.379 e. The second-order valence-electron chi connectivity index (χ2n) is 7.51. The number of ether oxygens (including phenoxy) is 1. The maximum absolute atomic E-state index is 5.47. The summed E-state index contributed by atoms with van der Waals surface area (Å²) >= 11 is 0. The van der Waals surface area contributed by atoms with E-state index < -0.39 is 0 Å². The van der Waals surface area contributed by atoms with Gasteiger partial charge < -0.3 is 19.9 Å². The number of nitrogens with zero attached hydrogens (tertiary/aromatic N) is 3. The van der Waals surface area contributed by atoms with E-state index in [2.05, 4.69) is 46.5 Å². The fourth-order valence-corrected chi connectivity index (χ4v) is 3.21. The van der Waals surface area contributed by atoms with Gasteiger partial charge in [0.05, 0.1) is 19.8 Å². The molecule has 1 fully saturated rings. The number of aliphatic imine (C=N–C) groups is 1. The summed E-state index contributed by atoms with van der Waals surface area (Å²) in [6.07, 6.45) is 0. The molecule has 0 amide bonds. The first-order valence-electron chi connectivity index (χ1n) is 9.94. The molecule has 0 atom stereocenters. The first kappa shape index (κ1) is 20.4. The normalized spacial score (nSPS) is 16.2. The van der Waals surface area contributed by atoms with E-state index >= 15 is 0 Å². The fourth-order valence-electron chi connectivity index (χ4n) is 3.21. The molecule has 1 aliphatic heterocycles. The third kappa shape index (κ3) is 5.56. The lowest BCUT2D eigenvalue weighted by Gasteiger charge is -2.41. The Hall–Kier alpha value is -2.38. The Morgan fingerprint density at radius 1 is 1.18 bits per heavy atom. The zero-order chi connectivity index (χ0) is 19.8. The van der Waals surface area contributed by atoms with E-state index in [-0.39, 0.29) is 5.54 Å². The molecule has 1 saturated heterocycles. The van der Waals surface area contributed by atoms with Crippen molar-refractivity contribution in [1.82, 2.24) is 20.7 Å². The summed E-state index contributed by atoms with van der Waals surface area (Å²) in [5.74, 6) is 1.55. The molecule has 7 heteroatoms. The molecule has 0 radical (unpaired) electrons. The zero-order valence-electron chi connectivity index (χ0n) is 17.1. The van der Waals surface area contributed by atoms with Gasteiger partial charge in [-0.1, -0.05) is 35.5 Å². The van der Waals surface area contributed by atoms with E-state index in [1.165, 1.54) is 0 Å². The molecular weight excluding hydrogens is 354 g/mol. The predicted molar refractivity (Wildman–Crippen MR) is 111 cm³/mol. The van der Waals surface area contributed by atoms with E-state index in [1.54, 1.807) is 0 Å². The second-order valence-corrected chi connectivity index (χ2v) is 7.51. The van der Waals surface area contributed by atoms with Gasteiger partial charge >= 0.3 is 0 Å². The van der Waals surface area contributed by atoms with Crippen molar-refractivity contribution in [1.29, 1.82) is 0 Å². The molecular formula is C21H31N5O2. The summed E-state index contributed by atoms with van der Waals surface area (Å²) in [7, 11) is 0. The standard InChI is InChI=1S/C21H31N5O2/c1-4-22-20(24-16-21(2,3)26-10-12-27-13-11-26)23-15-18-14-19(28-25-18)17-8-6-5-7-9-17/h5-9,14H,4,10-13,15-16H2,1-3H3,(H2,22,23,24). The average molecular weight is 386 g/mol. The van der Waals surface area contributed by atoms with Gasteiger partial charge in [0, 0.05) is 43.3 Å². The Labute approximate surface area is 167 Å². The highest BCUT2D eigenvalue weighted by Gasteiger charge is 2.28. The van der Waals surface area contributed by atoms with Gasteiger partial charge in [-0.25, -0.2) is 4.99 Å². The fraction of sp³-hybridized carbons (Fsp3) is 0.524. The summed E-state index contributed by atoms with van der Waals surface area (Å²) in [5.41, 5.74) is 1.85. The van der Waals surface area contributed by atoms with Gasteiger partial charge in [0.15, 0.2) is 11.7 Å². The van der Waals surface area contributed by atoms with E-state index in [1.807, 2.05) is 36.4 Å². The Kier molecular flexibility index (Phi) is 7.06. The van der Waals surface area contributed by atoms with Crippen molar-refractivity contribution in [2.45, 2.75) is 32.9 Å². The Morgan fingerprint density at radius 2 is 1.93 bits per heavy atom. The Morgan fingerprint density at radius 3 is 2.64 bits per heavy atom. The minimum atomic E-state index is 0.0222.